The number of allylic oxidation sites excluding steroid dienone is 2. The zero-order valence-corrected chi connectivity index (χ0v) is 13.5. The van der Waals surface area contributed by atoms with E-state index in [-0.39, 0.29) is 11.9 Å². The standard InChI is InChI=1S/C17H22F3N3O/c18-17(19,20)15-8-10-23(21-15)14-7-4-9-22(12-14)16(24)11-13-5-2-1-3-6-13/h2,5,8,10,13-14H,1,3-4,6-7,9,11-12H2/t13-,14-/m1/s1. The quantitative estimate of drug-likeness (QED) is 0.784. The van der Waals surface area contributed by atoms with Crippen molar-refractivity contribution < 1.29 is 18.0 Å². The van der Waals surface area contributed by atoms with Crippen molar-refractivity contribution in [2.45, 2.75) is 50.7 Å². The number of likely N-dealkylation sites (tertiary alicyclic amines) is 1. The van der Waals surface area contributed by atoms with Crippen LogP contribution in [0.15, 0.2) is 24.4 Å². The molecule has 2 atom stereocenters. The Balaban J connectivity index is 1.61. The Labute approximate surface area is 139 Å². The minimum atomic E-state index is -4.43. The maximum absolute atomic E-state index is 12.7. The predicted octanol–water partition coefficient (Wildman–Crippen LogP) is 3.81. The number of piperidine rings is 1. The molecule has 132 valence electrons. The zero-order valence-electron chi connectivity index (χ0n) is 13.5. The Hall–Kier alpha value is -1.79. The molecule has 0 spiro atoms. The van der Waals surface area contributed by atoms with E-state index in [2.05, 4.69) is 17.3 Å². The summed E-state index contributed by atoms with van der Waals surface area (Å²) in [4.78, 5) is 14.3. The van der Waals surface area contributed by atoms with Crippen LogP contribution in [0.5, 0.6) is 0 Å². The minimum absolute atomic E-state index is 0.0967. The zero-order chi connectivity index (χ0) is 17.2. The van der Waals surface area contributed by atoms with Crippen LogP contribution in [0.4, 0.5) is 13.2 Å². The van der Waals surface area contributed by atoms with Gasteiger partial charge in [-0.2, -0.15) is 18.3 Å². The van der Waals surface area contributed by atoms with Crippen molar-refractivity contribution in [1.82, 2.24) is 14.7 Å². The van der Waals surface area contributed by atoms with Gasteiger partial charge in [0, 0.05) is 25.7 Å². The SMILES string of the molecule is O=C(C[C@@H]1C=CCCC1)N1CCC[C@@H](n2ccc(C(F)(F)F)n2)C1. The van der Waals surface area contributed by atoms with Crippen LogP contribution in [-0.2, 0) is 11.0 Å². The van der Waals surface area contributed by atoms with Crippen molar-refractivity contribution >= 4 is 5.91 Å². The van der Waals surface area contributed by atoms with Crippen LogP contribution in [0.25, 0.3) is 0 Å². The first kappa shape index (κ1) is 17.0. The minimum Gasteiger partial charge on any atom is -0.341 e. The van der Waals surface area contributed by atoms with E-state index in [0.717, 1.165) is 38.2 Å². The number of hydrogen-bond donors (Lipinski definition) is 0. The van der Waals surface area contributed by atoms with Gasteiger partial charge >= 0.3 is 6.18 Å². The number of rotatable bonds is 3. The smallest absolute Gasteiger partial charge is 0.341 e. The Morgan fingerprint density at radius 3 is 2.79 bits per heavy atom. The molecule has 0 radical (unpaired) electrons. The van der Waals surface area contributed by atoms with Crippen molar-refractivity contribution in [3.8, 4) is 0 Å². The van der Waals surface area contributed by atoms with E-state index in [1.807, 2.05) is 0 Å². The van der Waals surface area contributed by atoms with Gasteiger partial charge in [0.15, 0.2) is 5.69 Å². The first-order valence-electron chi connectivity index (χ1n) is 8.50. The highest BCUT2D eigenvalue weighted by Gasteiger charge is 2.35. The van der Waals surface area contributed by atoms with Gasteiger partial charge in [0.25, 0.3) is 0 Å². The molecule has 0 saturated carbocycles. The second kappa shape index (κ2) is 6.99. The second-order valence-corrected chi connectivity index (χ2v) is 6.64. The van der Waals surface area contributed by atoms with Crippen molar-refractivity contribution in [1.29, 1.82) is 0 Å². The van der Waals surface area contributed by atoms with Gasteiger partial charge in [0.05, 0.1) is 6.04 Å². The van der Waals surface area contributed by atoms with Gasteiger partial charge in [-0.25, -0.2) is 0 Å². The van der Waals surface area contributed by atoms with Crippen molar-refractivity contribution in [2.24, 2.45) is 5.92 Å². The molecular weight excluding hydrogens is 319 g/mol. The summed E-state index contributed by atoms with van der Waals surface area (Å²) < 4.78 is 39.4. The molecular formula is C17H22F3N3O. The normalized spacial score (nSPS) is 25.0. The third-order valence-corrected chi connectivity index (χ3v) is 4.81. The van der Waals surface area contributed by atoms with Gasteiger partial charge in [-0.15, -0.1) is 0 Å². The summed E-state index contributed by atoms with van der Waals surface area (Å²) in [5.41, 5.74) is -0.877. The molecule has 4 nitrogen and oxygen atoms in total. The molecule has 0 unspecified atom stereocenters. The van der Waals surface area contributed by atoms with Gasteiger partial charge < -0.3 is 4.90 Å². The molecule has 0 bridgehead atoms. The average Bonchev–Trinajstić information content (AvgIpc) is 3.06. The lowest BCUT2D eigenvalue weighted by Crippen LogP contribution is -2.41. The van der Waals surface area contributed by atoms with E-state index >= 15 is 0 Å². The summed E-state index contributed by atoms with van der Waals surface area (Å²) in [6.07, 6.45) is 6.44. The van der Waals surface area contributed by atoms with Crippen LogP contribution in [0.2, 0.25) is 0 Å². The highest BCUT2D eigenvalue weighted by molar-refractivity contribution is 5.76. The third-order valence-electron chi connectivity index (χ3n) is 4.81. The molecule has 2 aliphatic rings. The summed E-state index contributed by atoms with van der Waals surface area (Å²) in [6.45, 7) is 1.12. The van der Waals surface area contributed by atoms with Gasteiger partial charge in [-0.05, 0) is 44.1 Å². The van der Waals surface area contributed by atoms with Crippen LogP contribution in [-0.4, -0.2) is 33.7 Å². The van der Waals surface area contributed by atoms with E-state index in [1.54, 1.807) is 4.90 Å². The number of halogens is 3. The summed E-state index contributed by atoms with van der Waals surface area (Å²) in [5, 5.41) is 3.66. The molecule has 2 heterocycles. The number of carbonyl (C=O) groups excluding carboxylic acids is 1. The topological polar surface area (TPSA) is 38.1 Å². The van der Waals surface area contributed by atoms with E-state index in [4.69, 9.17) is 0 Å². The molecule has 1 saturated heterocycles. The summed E-state index contributed by atoms with van der Waals surface area (Å²) in [7, 11) is 0. The first-order chi connectivity index (χ1) is 11.4. The third kappa shape index (κ3) is 3.99. The highest BCUT2D eigenvalue weighted by atomic mass is 19.4. The van der Waals surface area contributed by atoms with E-state index in [1.165, 1.54) is 10.9 Å². The second-order valence-electron chi connectivity index (χ2n) is 6.64. The number of alkyl halides is 3. The largest absolute Gasteiger partial charge is 0.435 e. The molecule has 1 aromatic rings. The number of carbonyl (C=O) groups is 1. The fourth-order valence-electron chi connectivity index (χ4n) is 3.50. The van der Waals surface area contributed by atoms with Crippen molar-refractivity contribution in [2.75, 3.05) is 13.1 Å². The van der Waals surface area contributed by atoms with Gasteiger partial charge in [0.2, 0.25) is 5.91 Å². The van der Waals surface area contributed by atoms with Crippen LogP contribution in [0.3, 0.4) is 0 Å². The van der Waals surface area contributed by atoms with Gasteiger partial charge in [-0.1, -0.05) is 12.2 Å². The lowest BCUT2D eigenvalue weighted by Gasteiger charge is -2.33. The molecule has 3 rings (SSSR count). The highest BCUT2D eigenvalue weighted by Crippen LogP contribution is 2.30. The Bertz CT molecular complexity index is 608. The number of amides is 1. The molecule has 1 fully saturated rings. The molecule has 7 heteroatoms. The Morgan fingerprint density at radius 2 is 2.12 bits per heavy atom. The van der Waals surface area contributed by atoms with Gasteiger partial charge in [0.1, 0.15) is 0 Å². The fraction of sp³-hybridized carbons (Fsp3) is 0.647. The molecule has 1 aliphatic carbocycles. The maximum Gasteiger partial charge on any atom is 0.435 e. The predicted molar refractivity (Wildman–Crippen MR) is 83.2 cm³/mol. The van der Waals surface area contributed by atoms with E-state index < -0.39 is 11.9 Å². The van der Waals surface area contributed by atoms with Crippen LogP contribution in [0, 0.1) is 5.92 Å². The number of aromatic nitrogens is 2. The lowest BCUT2D eigenvalue weighted by molar-refractivity contribution is -0.142. The van der Waals surface area contributed by atoms with Crippen LogP contribution >= 0.6 is 0 Å². The summed E-state index contributed by atoms with van der Waals surface area (Å²) >= 11 is 0. The van der Waals surface area contributed by atoms with Crippen molar-refractivity contribution in [3.63, 3.8) is 0 Å². The molecule has 1 amide bonds. The molecule has 0 N–H and O–H groups in total. The number of hydrogen-bond acceptors (Lipinski definition) is 2. The fourth-order valence-corrected chi connectivity index (χ4v) is 3.50. The maximum atomic E-state index is 12.7. The van der Waals surface area contributed by atoms with Crippen LogP contribution in [0.1, 0.15) is 50.3 Å². The summed E-state index contributed by atoms with van der Waals surface area (Å²) in [5.74, 6) is 0.396. The van der Waals surface area contributed by atoms with Gasteiger partial charge in [-0.3, -0.25) is 9.48 Å². The number of nitrogens with zero attached hydrogens (tertiary/aromatic N) is 3. The van der Waals surface area contributed by atoms with E-state index in [0.29, 0.717) is 25.4 Å². The molecule has 0 aromatic carbocycles. The summed E-state index contributed by atoms with van der Waals surface area (Å²) in [6, 6.07) is 0.814. The van der Waals surface area contributed by atoms with Crippen molar-refractivity contribution in [3.05, 3.63) is 30.1 Å². The lowest BCUT2D eigenvalue weighted by atomic mass is 9.92. The van der Waals surface area contributed by atoms with E-state index in [9.17, 15) is 18.0 Å². The Kier molecular flexibility index (Phi) is 4.96. The molecule has 24 heavy (non-hydrogen) atoms. The monoisotopic (exact) mass is 341 g/mol. The molecule has 1 aliphatic heterocycles. The Morgan fingerprint density at radius 1 is 1.29 bits per heavy atom. The first-order valence-corrected chi connectivity index (χ1v) is 8.50. The average molecular weight is 341 g/mol. The van der Waals surface area contributed by atoms with Crippen LogP contribution < -0.4 is 0 Å². The molecule has 1 aromatic heterocycles.